The summed E-state index contributed by atoms with van der Waals surface area (Å²) in [5.41, 5.74) is 0. The lowest BCUT2D eigenvalue weighted by Crippen LogP contribution is -2.52. The Kier molecular flexibility index (Phi) is 2.16. The number of rotatable bonds is 2. The fourth-order valence-electron chi connectivity index (χ4n) is 5.95. The highest BCUT2D eigenvalue weighted by molar-refractivity contribution is 5.03. The van der Waals surface area contributed by atoms with E-state index in [1.165, 1.54) is 12.8 Å². The van der Waals surface area contributed by atoms with Crippen LogP contribution in [0, 0.1) is 35.5 Å². The molecule has 0 aromatic rings. The molecular weight excluding hydrogens is 194 g/mol. The fraction of sp³-hybridized carbons (Fsp3) is 1.00. The quantitative estimate of drug-likeness (QED) is 0.752. The van der Waals surface area contributed by atoms with Crippen LogP contribution in [0.4, 0.5) is 0 Å². The van der Waals surface area contributed by atoms with Crippen LogP contribution in [0.15, 0.2) is 0 Å². The van der Waals surface area contributed by atoms with Crippen LogP contribution >= 0.6 is 0 Å². The number of nitrogens with one attached hydrogen (secondary N) is 1. The summed E-state index contributed by atoms with van der Waals surface area (Å²) in [6.07, 6.45) is 11.0. The Bertz CT molecular complexity index is 251. The van der Waals surface area contributed by atoms with E-state index in [4.69, 9.17) is 0 Å². The summed E-state index contributed by atoms with van der Waals surface area (Å²) in [5, 5.41) is 3.45. The van der Waals surface area contributed by atoms with Gasteiger partial charge in [-0.25, -0.2) is 0 Å². The van der Waals surface area contributed by atoms with Gasteiger partial charge in [0.15, 0.2) is 0 Å². The molecule has 90 valence electrons. The van der Waals surface area contributed by atoms with Gasteiger partial charge in [-0.1, -0.05) is 0 Å². The highest BCUT2D eigenvalue weighted by Gasteiger charge is 2.52. The first-order chi connectivity index (χ1) is 7.83. The number of hydrogen-bond acceptors (Lipinski definition) is 1. The van der Waals surface area contributed by atoms with Crippen LogP contribution in [0.1, 0.15) is 44.9 Å². The lowest BCUT2D eigenvalue weighted by Gasteiger charge is -2.59. The van der Waals surface area contributed by atoms with Crippen molar-refractivity contribution in [3.8, 4) is 0 Å². The second kappa shape index (κ2) is 3.48. The van der Waals surface area contributed by atoms with Crippen LogP contribution in [0.3, 0.4) is 0 Å². The van der Waals surface area contributed by atoms with Gasteiger partial charge < -0.3 is 5.32 Å². The van der Waals surface area contributed by atoms with Gasteiger partial charge in [0.1, 0.15) is 0 Å². The Balaban J connectivity index is 1.49. The van der Waals surface area contributed by atoms with Gasteiger partial charge in [0.25, 0.3) is 0 Å². The Morgan fingerprint density at radius 2 is 1.19 bits per heavy atom. The summed E-state index contributed by atoms with van der Waals surface area (Å²) < 4.78 is 0. The zero-order valence-corrected chi connectivity index (χ0v) is 10.5. The molecule has 5 aliphatic rings. The second-order valence-corrected chi connectivity index (χ2v) is 7.23. The molecule has 0 unspecified atom stereocenters. The Morgan fingerprint density at radius 3 is 1.69 bits per heavy atom. The molecule has 0 aromatic carbocycles. The maximum Gasteiger partial charge on any atom is 0.00695 e. The van der Waals surface area contributed by atoms with Gasteiger partial charge in [-0.15, -0.1) is 0 Å². The largest absolute Gasteiger partial charge is 0.317 e. The van der Waals surface area contributed by atoms with Crippen molar-refractivity contribution in [2.75, 3.05) is 7.05 Å². The molecule has 1 nitrogen and oxygen atoms in total. The van der Waals surface area contributed by atoms with E-state index in [1.54, 1.807) is 32.1 Å². The van der Waals surface area contributed by atoms with Crippen molar-refractivity contribution in [3.63, 3.8) is 0 Å². The minimum Gasteiger partial charge on any atom is -0.317 e. The summed E-state index contributed by atoms with van der Waals surface area (Å²) in [6, 6.07) is 0.863. The Labute approximate surface area is 99.4 Å². The molecule has 4 bridgehead atoms. The molecule has 1 N–H and O–H groups in total. The Hall–Kier alpha value is -0.0400. The van der Waals surface area contributed by atoms with E-state index in [1.807, 2.05) is 0 Å². The average molecular weight is 219 g/mol. The molecule has 0 radical (unpaired) electrons. The van der Waals surface area contributed by atoms with E-state index >= 15 is 0 Å². The summed E-state index contributed by atoms with van der Waals surface area (Å²) in [5.74, 6) is 6.86. The molecule has 5 saturated carbocycles. The summed E-state index contributed by atoms with van der Waals surface area (Å²) in [4.78, 5) is 0. The van der Waals surface area contributed by atoms with E-state index in [0.717, 1.165) is 41.5 Å². The zero-order valence-electron chi connectivity index (χ0n) is 10.5. The van der Waals surface area contributed by atoms with Crippen molar-refractivity contribution >= 4 is 0 Å². The maximum atomic E-state index is 3.45. The highest BCUT2D eigenvalue weighted by Crippen LogP contribution is 2.60. The van der Waals surface area contributed by atoms with Crippen LogP contribution in [0.25, 0.3) is 0 Å². The van der Waals surface area contributed by atoms with Crippen molar-refractivity contribution in [1.29, 1.82) is 0 Å². The van der Waals surface area contributed by atoms with Crippen molar-refractivity contribution < 1.29 is 0 Å². The van der Waals surface area contributed by atoms with Crippen molar-refractivity contribution in [3.05, 3.63) is 0 Å². The Morgan fingerprint density at radius 1 is 0.688 bits per heavy atom. The molecule has 5 aliphatic carbocycles. The van der Waals surface area contributed by atoms with Gasteiger partial charge >= 0.3 is 0 Å². The predicted molar refractivity (Wildman–Crippen MR) is 66.1 cm³/mol. The maximum absolute atomic E-state index is 3.45. The van der Waals surface area contributed by atoms with Crippen LogP contribution < -0.4 is 5.32 Å². The first kappa shape index (κ1) is 9.94. The lowest BCUT2D eigenvalue weighted by molar-refractivity contribution is -0.0818. The summed E-state index contributed by atoms with van der Waals surface area (Å²) >= 11 is 0. The van der Waals surface area contributed by atoms with Gasteiger partial charge in [0, 0.05) is 6.04 Å². The van der Waals surface area contributed by atoms with Crippen molar-refractivity contribution in [1.82, 2.24) is 5.32 Å². The average Bonchev–Trinajstić information content (AvgIpc) is 2.19. The SMILES string of the molecule is CNC1CC(C2C3CC4CC(C3)CC2C4)C1. The first-order valence-electron chi connectivity index (χ1n) is 7.50. The summed E-state index contributed by atoms with van der Waals surface area (Å²) in [7, 11) is 2.14. The molecular formula is C15H25N. The monoisotopic (exact) mass is 219 g/mol. The minimum atomic E-state index is 0.863. The van der Waals surface area contributed by atoms with Gasteiger partial charge in [0.2, 0.25) is 0 Å². The second-order valence-electron chi connectivity index (χ2n) is 7.23. The van der Waals surface area contributed by atoms with E-state index in [2.05, 4.69) is 12.4 Å². The van der Waals surface area contributed by atoms with Crippen molar-refractivity contribution in [2.45, 2.75) is 51.0 Å². The molecule has 0 amide bonds. The molecule has 0 atom stereocenters. The smallest absolute Gasteiger partial charge is 0.00695 e. The molecule has 0 aromatic heterocycles. The number of hydrogen-bond donors (Lipinski definition) is 1. The molecule has 0 heterocycles. The van der Waals surface area contributed by atoms with Gasteiger partial charge in [-0.2, -0.15) is 0 Å². The molecule has 5 fully saturated rings. The normalized spacial score (nSPS) is 58.7. The van der Waals surface area contributed by atoms with Gasteiger partial charge in [0.05, 0.1) is 0 Å². The lowest BCUT2D eigenvalue weighted by atomic mass is 9.47. The van der Waals surface area contributed by atoms with E-state index < -0.39 is 0 Å². The predicted octanol–water partition coefficient (Wildman–Crippen LogP) is 3.06. The fourth-order valence-corrected chi connectivity index (χ4v) is 5.95. The van der Waals surface area contributed by atoms with Crippen LogP contribution in [0.2, 0.25) is 0 Å². The summed E-state index contributed by atoms with van der Waals surface area (Å²) in [6.45, 7) is 0. The third kappa shape index (κ3) is 1.33. The minimum absolute atomic E-state index is 0.863. The third-order valence-electron chi connectivity index (χ3n) is 6.43. The standard InChI is InChI=1S/C15H25N/c1-16-14-7-13(8-14)15-11-3-9-2-10(5-11)6-12(15)4-9/h9-16H,2-8H2,1H3. The topological polar surface area (TPSA) is 12.0 Å². The van der Waals surface area contributed by atoms with Crippen LogP contribution in [-0.2, 0) is 0 Å². The zero-order chi connectivity index (χ0) is 10.7. The van der Waals surface area contributed by atoms with E-state index in [0.29, 0.717) is 0 Å². The molecule has 0 saturated heterocycles. The van der Waals surface area contributed by atoms with Gasteiger partial charge in [-0.3, -0.25) is 0 Å². The van der Waals surface area contributed by atoms with Gasteiger partial charge in [-0.05, 0) is 87.5 Å². The molecule has 16 heavy (non-hydrogen) atoms. The van der Waals surface area contributed by atoms with Crippen molar-refractivity contribution in [2.24, 2.45) is 35.5 Å². The third-order valence-corrected chi connectivity index (χ3v) is 6.43. The van der Waals surface area contributed by atoms with E-state index in [9.17, 15) is 0 Å². The molecule has 0 aliphatic heterocycles. The van der Waals surface area contributed by atoms with Crippen LogP contribution in [-0.4, -0.2) is 13.1 Å². The molecule has 0 spiro atoms. The first-order valence-corrected chi connectivity index (χ1v) is 7.50. The van der Waals surface area contributed by atoms with E-state index in [-0.39, 0.29) is 0 Å². The molecule has 1 heteroatoms. The highest BCUT2D eigenvalue weighted by atomic mass is 14.9. The molecule has 5 rings (SSSR count). The van der Waals surface area contributed by atoms with Crippen LogP contribution in [0.5, 0.6) is 0 Å².